The first-order valence-electron chi connectivity index (χ1n) is 14.2. The number of aryl methyl sites for hydroxylation is 1. The lowest BCUT2D eigenvalue weighted by Gasteiger charge is -2.43. The van der Waals surface area contributed by atoms with E-state index < -0.39 is 18.3 Å². The van der Waals surface area contributed by atoms with Gasteiger partial charge in [-0.25, -0.2) is 13.1 Å². The summed E-state index contributed by atoms with van der Waals surface area (Å²) in [5, 5.41) is 2.27. The molecule has 3 aromatic rings. The average molecular weight is 582 g/mol. The third kappa shape index (κ3) is 7.49. The Bertz CT molecular complexity index is 1250. The monoisotopic (exact) mass is 581 g/mol. The van der Waals surface area contributed by atoms with Crippen LogP contribution in [0.3, 0.4) is 0 Å². The minimum atomic E-state index is -3.68. The molecule has 1 fully saturated rings. The summed E-state index contributed by atoms with van der Waals surface area (Å²) in [6.07, 6.45) is 2.53. The van der Waals surface area contributed by atoms with E-state index in [1.54, 1.807) is 12.1 Å². The van der Waals surface area contributed by atoms with Crippen molar-refractivity contribution in [1.82, 2.24) is 4.72 Å². The first-order chi connectivity index (χ1) is 19.1. The van der Waals surface area contributed by atoms with Crippen molar-refractivity contribution < 1.29 is 22.3 Å². The van der Waals surface area contributed by atoms with E-state index in [0.29, 0.717) is 32.7 Å². The van der Waals surface area contributed by atoms with Crippen LogP contribution < -0.4 is 15.1 Å². The van der Waals surface area contributed by atoms with E-state index in [1.165, 1.54) is 10.4 Å². The molecule has 1 aliphatic heterocycles. The van der Waals surface area contributed by atoms with Gasteiger partial charge in [0.25, 0.3) is 8.32 Å². The van der Waals surface area contributed by atoms with Crippen LogP contribution in [0, 0.1) is 6.92 Å². The molecule has 216 valence electrons. The average Bonchev–Trinajstić information content (AvgIpc) is 3.45. The normalized spacial score (nSPS) is 15.8. The van der Waals surface area contributed by atoms with Gasteiger partial charge in [-0.05, 0) is 60.2 Å². The van der Waals surface area contributed by atoms with Crippen molar-refractivity contribution in [2.75, 3.05) is 19.8 Å². The van der Waals surface area contributed by atoms with E-state index in [4.69, 9.17) is 13.9 Å². The van der Waals surface area contributed by atoms with Gasteiger partial charge in [-0.1, -0.05) is 99.1 Å². The van der Waals surface area contributed by atoms with Crippen LogP contribution in [0.1, 0.15) is 52.0 Å². The largest absolute Gasteiger partial charge is 0.407 e. The van der Waals surface area contributed by atoms with E-state index in [0.717, 1.165) is 18.4 Å². The van der Waals surface area contributed by atoms with E-state index in [2.05, 4.69) is 74.0 Å². The maximum absolute atomic E-state index is 13.3. The summed E-state index contributed by atoms with van der Waals surface area (Å²) in [4.78, 5) is 0.276. The number of hydrogen-bond donors (Lipinski definition) is 1. The molecule has 0 aromatic heterocycles. The third-order valence-electron chi connectivity index (χ3n) is 7.54. The number of rotatable bonds is 13. The lowest BCUT2D eigenvalue weighted by molar-refractivity contribution is -0.0482. The summed E-state index contributed by atoms with van der Waals surface area (Å²) in [7, 11) is -6.40. The zero-order valence-corrected chi connectivity index (χ0v) is 26.0. The van der Waals surface area contributed by atoms with Gasteiger partial charge in [0.15, 0.2) is 6.29 Å². The fourth-order valence-corrected chi connectivity index (χ4v) is 11.4. The van der Waals surface area contributed by atoms with Gasteiger partial charge < -0.3 is 13.9 Å². The summed E-state index contributed by atoms with van der Waals surface area (Å²) in [6.45, 7) is 10.4. The SMILES string of the molecule is Cc1ccc(S(=O)(=O)N[C@@H](CCCC2OCCO2)CCO[Si](c2ccccc2)(c2ccccc2)C(C)(C)C)cc1. The maximum Gasteiger partial charge on any atom is 0.261 e. The molecule has 0 radical (unpaired) electrons. The fourth-order valence-electron chi connectivity index (χ4n) is 5.49. The van der Waals surface area contributed by atoms with Crippen molar-refractivity contribution in [1.29, 1.82) is 0 Å². The lowest BCUT2D eigenvalue weighted by atomic mass is 10.1. The molecule has 6 nitrogen and oxygen atoms in total. The molecule has 0 spiro atoms. The molecule has 1 N–H and O–H groups in total. The van der Waals surface area contributed by atoms with Gasteiger partial charge in [0.1, 0.15) is 0 Å². The molecule has 3 aromatic carbocycles. The molecular weight excluding hydrogens is 539 g/mol. The Morgan fingerprint density at radius 2 is 1.43 bits per heavy atom. The second kappa shape index (κ2) is 13.6. The molecule has 0 aliphatic carbocycles. The second-order valence-corrected chi connectivity index (χ2v) is 17.6. The Morgan fingerprint density at radius 1 is 0.875 bits per heavy atom. The van der Waals surface area contributed by atoms with E-state index in [-0.39, 0.29) is 22.3 Å². The van der Waals surface area contributed by atoms with Gasteiger partial charge in [0.05, 0.1) is 18.1 Å². The van der Waals surface area contributed by atoms with Crippen molar-refractivity contribution >= 4 is 28.7 Å². The van der Waals surface area contributed by atoms with Gasteiger partial charge in [-0.2, -0.15) is 0 Å². The lowest BCUT2D eigenvalue weighted by Crippen LogP contribution is -2.66. The zero-order valence-electron chi connectivity index (χ0n) is 24.1. The Hall–Kier alpha value is -2.33. The van der Waals surface area contributed by atoms with Crippen LogP contribution >= 0.6 is 0 Å². The second-order valence-electron chi connectivity index (χ2n) is 11.5. The van der Waals surface area contributed by atoms with Crippen LogP contribution in [-0.4, -0.2) is 48.9 Å². The molecular formula is C32H43NO5SSi. The summed E-state index contributed by atoms with van der Waals surface area (Å²) in [5.41, 5.74) is 1.02. The number of hydrogen-bond acceptors (Lipinski definition) is 5. The highest BCUT2D eigenvalue weighted by molar-refractivity contribution is 7.89. The third-order valence-corrected chi connectivity index (χ3v) is 14.1. The molecule has 1 saturated heterocycles. The maximum atomic E-state index is 13.3. The Morgan fingerprint density at radius 3 is 1.95 bits per heavy atom. The molecule has 1 aliphatic rings. The number of sulfonamides is 1. The van der Waals surface area contributed by atoms with Crippen LogP contribution in [0.15, 0.2) is 89.8 Å². The summed E-state index contributed by atoms with van der Waals surface area (Å²) in [5.74, 6) is 0. The van der Waals surface area contributed by atoms with Crippen molar-refractivity contribution in [2.24, 2.45) is 0 Å². The number of ether oxygens (including phenoxy) is 2. The quantitative estimate of drug-likeness (QED) is 0.283. The molecule has 0 amide bonds. The van der Waals surface area contributed by atoms with Crippen LogP contribution in [0.5, 0.6) is 0 Å². The summed E-state index contributed by atoms with van der Waals surface area (Å²) < 4.78 is 47.9. The van der Waals surface area contributed by atoms with Crippen LogP contribution in [-0.2, 0) is 23.9 Å². The van der Waals surface area contributed by atoms with Crippen molar-refractivity contribution in [3.05, 3.63) is 90.5 Å². The predicted octanol–water partition coefficient (Wildman–Crippen LogP) is 5.15. The fraction of sp³-hybridized carbons (Fsp3) is 0.438. The highest BCUT2D eigenvalue weighted by atomic mass is 32.2. The minimum Gasteiger partial charge on any atom is -0.407 e. The Kier molecular flexibility index (Phi) is 10.4. The summed E-state index contributed by atoms with van der Waals surface area (Å²) in [6, 6.07) is 27.7. The van der Waals surface area contributed by atoms with Crippen LogP contribution in [0.4, 0.5) is 0 Å². The molecule has 1 atom stereocenters. The highest BCUT2D eigenvalue weighted by Gasteiger charge is 2.50. The number of nitrogens with one attached hydrogen (secondary N) is 1. The smallest absolute Gasteiger partial charge is 0.261 e. The molecule has 8 heteroatoms. The summed E-state index contributed by atoms with van der Waals surface area (Å²) >= 11 is 0. The molecule has 0 saturated carbocycles. The van der Waals surface area contributed by atoms with Crippen molar-refractivity contribution in [2.45, 2.75) is 75.6 Å². The number of benzene rings is 3. The van der Waals surface area contributed by atoms with Crippen LogP contribution in [0.25, 0.3) is 0 Å². The van der Waals surface area contributed by atoms with Gasteiger partial charge in [0.2, 0.25) is 10.0 Å². The molecule has 1 heterocycles. The molecule has 40 heavy (non-hydrogen) atoms. The first kappa shape index (κ1) is 30.6. The molecule has 0 bridgehead atoms. The predicted molar refractivity (Wildman–Crippen MR) is 163 cm³/mol. The highest BCUT2D eigenvalue weighted by Crippen LogP contribution is 2.37. The Balaban J connectivity index is 1.56. The minimum absolute atomic E-state index is 0.149. The zero-order chi connectivity index (χ0) is 28.6. The standard InChI is InChI=1S/C32H43NO5SSi/c1-26-18-20-28(21-19-26)39(34,35)33-27(12-11-17-31-36-24-25-37-31)22-23-38-40(32(2,3)4,29-13-7-5-8-14-29)30-15-9-6-10-16-30/h5-10,13-16,18-21,27,31,33H,11-12,17,22-25H2,1-4H3/t27-/m0/s1. The van der Waals surface area contributed by atoms with E-state index in [9.17, 15) is 8.42 Å². The van der Waals surface area contributed by atoms with E-state index >= 15 is 0 Å². The van der Waals surface area contributed by atoms with Crippen molar-refractivity contribution in [3.8, 4) is 0 Å². The van der Waals surface area contributed by atoms with E-state index in [1.807, 2.05) is 31.2 Å². The molecule has 4 rings (SSSR count). The van der Waals surface area contributed by atoms with Gasteiger partial charge in [-0.15, -0.1) is 0 Å². The van der Waals surface area contributed by atoms with Crippen molar-refractivity contribution in [3.63, 3.8) is 0 Å². The topological polar surface area (TPSA) is 73.9 Å². The van der Waals surface area contributed by atoms with Gasteiger partial charge in [0, 0.05) is 12.6 Å². The Labute approximate surface area is 241 Å². The first-order valence-corrected chi connectivity index (χ1v) is 17.6. The van der Waals surface area contributed by atoms with Gasteiger partial charge in [-0.3, -0.25) is 0 Å². The van der Waals surface area contributed by atoms with Crippen LogP contribution in [0.2, 0.25) is 5.04 Å². The van der Waals surface area contributed by atoms with Gasteiger partial charge >= 0.3 is 0 Å². The molecule has 0 unspecified atom stereocenters.